The molecule has 1 aromatic carbocycles. The van der Waals surface area contributed by atoms with Gasteiger partial charge in [0, 0.05) is 20.8 Å². The van der Waals surface area contributed by atoms with Crippen LogP contribution in [0, 0.1) is 0 Å². The first-order chi connectivity index (χ1) is 8.43. The molecule has 0 aliphatic heterocycles. The number of hydrogen-bond donors (Lipinski definition) is 0. The van der Waals surface area contributed by atoms with E-state index >= 15 is 0 Å². The molecule has 1 aromatic rings. The average Bonchev–Trinajstić information content (AvgIpc) is 2.32. The van der Waals surface area contributed by atoms with Crippen LogP contribution in [0.2, 0.25) is 20.1 Å². The highest BCUT2D eigenvalue weighted by Crippen LogP contribution is 2.58. The lowest BCUT2D eigenvalue weighted by Gasteiger charge is -2.35. The second kappa shape index (κ2) is 4.68. The Morgan fingerprint density at radius 2 is 1.17 bits per heavy atom. The molecule has 2 bridgehead atoms. The molecule has 0 N–H and O–H groups in total. The summed E-state index contributed by atoms with van der Waals surface area (Å²) in [7, 11) is 0. The molecule has 94 valence electrons. The van der Waals surface area contributed by atoms with Crippen molar-refractivity contribution in [3.05, 3.63) is 52.3 Å². The molecule has 0 unspecified atom stereocenters. The molecule has 0 nitrogen and oxygen atoms in total. The van der Waals surface area contributed by atoms with E-state index in [0.717, 1.165) is 20.1 Å². The third kappa shape index (κ3) is 1.77. The van der Waals surface area contributed by atoms with E-state index in [4.69, 9.17) is 46.4 Å². The smallest absolute Gasteiger partial charge is 0.0797 e. The summed E-state index contributed by atoms with van der Waals surface area (Å²) in [5, 5.41) is 1.61. The molecule has 0 fully saturated rings. The van der Waals surface area contributed by atoms with E-state index in [1.165, 1.54) is 0 Å². The highest BCUT2D eigenvalue weighted by molar-refractivity contribution is 9.12. The van der Waals surface area contributed by atoms with Crippen molar-refractivity contribution in [2.45, 2.75) is 11.8 Å². The molecule has 0 radical (unpaired) electrons. The molecule has 3 aliphatic carbocycles. The van der Waals surface area contributed by atoms with E-state index in [1.54, 1.807) is 0 Å². The number of hydrogen-bond acceptors (Lipinski definition) is 0. The van der Waals surface area contributed by atoms with E-state index in [0.29, 0.717) is 20.1 Å². The van der Waals surface area contributed by atoms with Crippen LogP contribution in [0.4, 0.5) is 0 Å². The van der Waals surface area contributed by atoms with Gasteiger partial charge in [-0.1, -0.05) is 90.4 Å². The fraction of sp³-hybridized carbons (Fsp3) is 0.167. The summed E-state index contributed by atoms with van der Waals surface area (Å²) >= 11 is 32.0. The second-order valence-corrected chi connectivity index (χ2v) is 7.49. The van der Waals surface area contributed by atoms with Gasteiger partial charge in [0.25, 0.3) is 0 Å². The van der Waals surface area contributed by atoms with Gasteiger partial charge in [0.2, 0.25) is 0 Å². The molecule has 0 amide bonds. The number of rotatable bonds is 0. The zero-order valence-electron chi connectivity index (χ0n) is 8.58. The summed E-state index contributed by atoms with van der Waals surface area (Å²) in [6.45, 7) is 0. The maximum Gasteiger partial charge on any atom is 0.0797 e. The topological polar surface area (TPSA) is 0 Å². The molecular formula is C12H4Br2Cl4. The van der Waals surface area contributed by atoms with Gasteiger partial charge >= 0.3 is 0 Å². The van der Waals surface area contributed by atoms with Crippen molar-refractivity contribution in [1.29, 1.82) is 0 Å². The summed E-state index contributed by atoms with van der Waals surface area (Å²) in [5.41, 5.74) is 1.89. The predicted octanol–water partition coefficient (Wildman–Crippen LogP) is 7.05. The lowest BCUT2D eigenvalue weighted by atomic mass is 9.76. The van der Waals surface area contributed by atoms with Gasteiger partial charge in [0.05, 0.1) is 20.1 Å². The Morgan fingerprint density at radius 1 is 0.722 bits per heavy atom. The van der Waals surface area contributed by atoms with Gasteiger partial charge in [-0.05, 0) is 11.1 Å². The van der Waals surface area contributed by atoms with Gasteiger partial charge in [-0.3, -0.25) is 0 Å². The van der Waals surface area contributed by atoms with E-state index in [-0.39, 0.29) is 11.8 Å². The van der Waals surface area contributed by atoms with Crippen molar-refractivity contribution < 1.29 is 0 Å². The van der Waals surface area contributed by atoms with Crippen molar-refractivity contribution in [2.24, 2.45) is 0 Å². The molecule has 0 heterocycles. The molecule has 6 heteroatoms. The zero-order chi connectivity index (χ0) is 13.2. The van der Waals surface area contributed by atoms with Gasteiger partial charge in [-0.15, -0.1) is 0 Å². The maximum absolute atomic E-state index is 6.34. The quantitative estimate of drug-likeness (QED) is 0.294. The normalized spacial score (nSPS) is 24.8. The first-order valence-electron chi connectivity index (χ1n) is 5.03. The van der Waals surface area contributed by atoms with Crippen LogP contribution in [0.15, 0.2) is 21.1 Å². The van der Waals surface area contributed by atoms with E-state index in [9.17, 15) is 0 Å². The van der Waals surface area contributed by atoms with Crippen molar-refractivity contribution in [3.63, 3.8) is 0 Å². The van der Waals surface area contributed by atoms with Crippen molar-refractivity contribution >= 4 is 78.3 Å². The van der Waals surface area contributed by atoms with Gasteiger partial charge < -0.3 is 0 Å². The highest BCUT2D eigenvalue weighted by atomic mass is 79.9. The van der Waals surface area contributed by atoms with Crippen molar-refractivity contribution in [3.8, 4) is 0 Å². The minimum absolute atomic E-state index is 0.0183. The average molecular weight is 450 g/mol. The molecule has 0 aromatic heterocycles. The Hall–Kier alpha value is 0.820. The first-order valence-corrected chi connectivity index (χ1v) is 8.13. The first kappa shape index (κ1) is 13.8. The third-order valence-corrected chi connectivity index (χ3v) is 6.47. The summed E-state index contributed by atoms with van der Waals surface area (Å²) in [6, 6.07) is 0. The summed E-state index contributed by atoms with van der Waals surface area (Å²) in [4.78, 5) is 0. The molecule has 0 atom stereocenters. The standard InChI is InChI=1S/C12H4Br2Cl4/c13-4-1-3-2-5(14)7(4)8-6(3)9(15)11(17)12(18)10(8)16/h1-3,7H. The lowest BCUT2D eigenvalue weighted by Crippen LogP contribution is -2.18. The second-order valence-electron chi connectivity index (χ2n) is 4.15. The number of benzene rings is 1. The van der Waals surface area contributed by atoms with Gasteiger partial charge in [0.15, 0.2) is 0 Å². The Morgan fingerprint density at radius 3 is 1.67 bits per heavy atom. The van der Waals surface area contributed by atoms with Crippen LogP contribution in [0.3, 0.4) is 0 Å². The largest absolute Gasteiger partial charge is 0.0823 e. The molecule has 3 aliphatic rings. The van der Waals surface area contributed by atoms with Crippen molar-refractivity contribution in [1.82, 2.24) is 0 Å². The van der Waals surface area contributed by atoms with Crippen LogP contribution >= 0.6 is 78.3 Å². The van der Waals surface area contributed by atoms with Crippen LogP contribution in [0.1, 0.15) is 23.0 Å². The molecule has 0 saturated heterocycles. The van der Waals surface area contributed by atoms with E-state index in [1.807, 2.05) is 0 Å². The molecule has 4 rings (SSSR count). The van der Waals surface area contributed by atoms with Crippen LogP contribution in [-0.4, -0.2) is 0 Å². The van der Waals surface area contributed by atoms with Crippen LogP contribution < -0.4 is 0 Å². The van der Waals surface area contributed by atoms with Crippen molar-refractivity contribution in [2.75, 3.05) is 0 Å². The fourth-order valence-electron chi connectivity index (χ4n) is 2.43. The molecular weight excluding hydrogens is 446 g/mol. The van der Waals surface area contributed by atoms with E-state index in [2.05, 4.69) is 44.0 Å². The highest BCUT2D eigenvalue weighted by Gasteiger charge is 2.38. The Bertz CT molecular complexity index is 614. The van der Waals surface area contributed by atoms with Crippen LogP contribution in [0.5, 0.6) is 0 Å². The van der Waals surface area contributed by atoms with Gasteiger partial charge in [-0.25, -0.2) is 0 Å². The summed E-state index contributed by atoms with van der Waals surface area (Å²) in [6.07, 6.45) is 4.20. The summed E-state index contributed by atoms with van der Waals surface area (Å²) < 4.78 is 2.12. The monoisotopic (exact) mass is 446 g/mol. The molecule has 0 spiro atoms. The minimum Gasteiger partial charge on any atom is -0.0823 e. The Labute approximate surface area is 141 Å². The number of halogens is 6. The fourth-order valence-corrected chi connectivity index (χ4v) is 5.38. The maximum atomic E-state index is 6.34. The Balaban J connectivity index is 2.40. The van der Waals surface area contributed by atoms with Gasteiger partial charge in [-0.2, -0.15) is 0 Å². The lowest BCUT2D eigenvalue weighted by molar-refractivity contribution is 0.861. The van der Waals surface area contributed by atoms with E-state index < -0.39 is 0 Å². The third-order valence-electron chi connectivity index (χ3n) is 3.19. The SMILES string of the molecule is Clc1c(Cl)c(Cl)c2c(c1Cl)C1C=C(Br)C2C(Br)=C1. The Kier molecular flexibility index (Phi) is 3.58. The summed E-state index contributed by atoms with van der Waals surface area (Å²) in [5.74, 6) is 0.0817. The predicted molar refractivity (Wildman–Crippen MR) is 86.0 cm³/mol. The minimum atomic E-state index is 0.0183. The van der Waals surface area contributed by atoms with Crippen LogP contribution in [-0.2, 0) is 0 Å². The van der Waals surface area contributed by atoms with Gasteiger partial charge in [0.1, 0.15) is 0 Å². The molecule has 0 saturated carbocycles. The molecule has 18 heavy (non-hydrogen) atoms. The number of allylic oxidation sites excluding steroid dienone is 4. The van der Waals surface area contributed by atoms with Crippen LogP contribution in [0.25, 0.3) is 0 Å². The zero-order valence-corrected chi connectivity index (χ0v) is 14.8.